The van der Waals surface area contributed by atoms with Gasteiger partial charge in [0, 0.05) is 24.7 Å². The molecule has 0 unspecified atom stereocenters. The molecule has 5 nitrogen and oxygen atoms in total. The molecule has 0 radical (unpaired) electrons. The van der Waals surface area contributed by atoms with Crippen LogP contribution in [0.2, 0.25) is 5.02 Å². The summed E-state index contributed by atoms with van der Waals surface area (Å²) in [6, 6.07) is 3.45. The lowest BCUT2D eigenvalue weighted by molar-refractivity contribution is 0.0527. The van der Waals surface area contributed by atoms with E-state index in [9.17, 15) is 4.79 Å². The molecule has 2 aromatic rings. The first kappa shape index (κ1) is 14.4. The van der Waals surface area contributed by atoms with Crippen molar-refractivity contribution in [1.82, 2.24) is 4.98 Å². The van der Waals surface area contributed by atoms with Crippen LogP contribution in [-0.2, 0) is 4.74 Å². The molecule has 0 saturated heterocycles. The van der Waals surface area contributed by atoms with Gasteiger partial charge in [-0.15, -0.1) is 0 Å². The highest BCUT2D eigenvalue weighted by atomic mass is 35.5. The Morgan fingerprint density at radius 2 is 2.20 bits per heavy atom. The number of nitrogens with zero attached hydrogens (tertiary/aromatic N) is 1. The Morgan fingerprint density at radius 1 is 1.45 bits per heavy atom. The second-order valence-electron chi connectivity index (χ2n) is 4.02. The second kappa shape index (κ2) is 5.96. The van der Waals surface area contributed by atoms with E-state index in [0.717, 1.165) is 5.39 Å². The van der Waals surface area contributed by atoms with Gasteiger partial charge in [-0.05, 0) is 13.0 Å². The normalized spacial score (nSPS) is 10.4. The van der Waals surface area contributed by atoms with Crippen molar-refractivity contribution >= 4 is 34.2 Å². The van der Waals surface area contributed by atoms with Crippen LogP contribution in [0.5, 0.6) is 5.75 Å². The number of hydrogen-bond acceptors (Lipinski definition) is 5. The molecule has 1 heterocycles. The van der Waals surface area contributed by atoms with Crippen molar-refractivity contribution in [1.29, 1.82) is 0 Å². The highest BCUT2D eigenvalue weighted by molar-refractivity contribution is 6.33. The molecule has 0 atom stereocenters. The Bertz CT molecular complexity index is 658. The van der Waals surface area contributed by atoms with E-state index >= 15 is 0 Å². The summed E-state index contributed by atoms with van der Waals surface area (Å²) in [6.45, 7) is 2.07. The predicted octanol–water partition coefficient (Wildman–Crippen LogP) is 3.12. The number of nitrogens with one attached hydrogen (secondary N) is 1. The zero-order valence-corrected chi connectivity index (χ0v) is 12.2. The van der Waals surface area contributed by atoms with Crippen molar-refractivity contribution in [3.8, 4) is 5.75 Å². The van der Waals surface area contributed by atoms with Crippen LogP contribution < -0.4 is 10.1 Å². The van der Waals surface area contributed by atoms with E-state index in [1.165, 1.54) is 6.20 Å². The average Bonchev–Trinajstić information content (AvgIpc) is 2.45. The predicted molar refractivity (Wildman–Crippen MR) is 78.8 cm³/mol. The lowest BCUT2D eigenvalue weighted by Crippen LogP contribution is -2.09. The van der Waals surface area contributed by atoms with Gasteiger partial charge in [0.05, 0.1) is 29.9 Å². The monoisotopic (exact) mass is 294 g/mol. The minimum atomic E-state index is -0.418. The summed E-state index contributed by atoms with van der Waals surface area (Å²) >= 11 is 6.13. The van der Waals surface area contributed by atoms with Gasteiger partial charge in [0.15, 0.2) is 0 Å². The van der Waals surface area contributed by atoms with Crippen molar-refractivity contribution in [2.75, 3.05) is 26.1 Å². The standard InChI is InChI=1S/C14H15ClN2O3/c1-4-20-14(18)9-7-17-11-6-12(19-3)10(15)5-8(11)13(9)16-2/h5-7H,4H2,1-3H3,(H,16,17). The summed E-state index contributed by atoms with van der Waals surface area (Å²) in [5.41, 5.74) is 1.70. The molecule has 0 aliphatic heterocycles. The van der Waals surface area contributed by atoms with Crippen LogP contribution in [0.25, 0.3) is 10.9 Å². The van der Waals surface area contributed by atoms with Gasteiger partial charge in [-0.2, -0.15) is 0 Å². The number of esters is 1. The van der Waals surface area contributed by atoms with Gasteiger partial charge in [-0.1, -0.05) is 11.6 Å². The number of ether oxygens (including phenoxy) is 2. The van der Waals surface area contributed by atoms with Gasteiger partial charge < -0.3 is 14.8 Å². The average molecular weight is 295 g/mol. The smallest absolute Gasteiger partial charge is 0.341 e. The maximum Gasteiger partial charge on any atom is 0.341 e. The van der Waals surface area contributed by atoms with Crippen molar-refractivity contribution in [3.63, 3.8) is 0 Å². The van der Waals surface area contributed by atoms with Gasteiger partial charge in [0.1, 0.15) is 11.3 Å². The fourth-order valence-electron chi connectivity index (χ4n) is 1.98. The summed E-state index contributed by atoms with van der Waals surface area (Å²) < 4.78 is 10.2. The van der Waals surface area contributed by atoms with E-state index in [2.05, 4.69) is 10.3 Å². The topological polar surface area (TPSA) is 60.5 Å². The molecular formula is C14H15ClN2O3. The molecule has 0 fully saturated rings. The van der Waals surface area contributed by atoms with Crippen LogP contribution in [0.15, 0.2) is 18.3 Å². The molecule has 2 rings (SSSR count). The third-order valence-electron chi connectivity index (χ3n) is 2.89. The maximum atomic E-state index is 11.9. The van der Waals surface area contributed by atoms with E-state index in [4.69, 9.17) is 21.1 Å². The van der Waals surface area contributed by atoms with Gasteiger partial charge in [0.25, 0.3) is 0 Å². The van der Waals surface area contributed by atoms with E-state index in [1.54, 1.807) is 33.2 Å². The van der Waals surface area contributed by atoms with Crippen molar-refractivity contribution in [2.24, 2.45) is 0 Å². The molecule has 1 N–H and O–H groups in total. The molecule has 0 bridgehead atoms. The van der Waals surface area contributed by atoms with Crippen LogP contribution in [0.1, 0.15) is 17.3 Å². The van der Waals surface area contributed by atoms with E-state index < -0.39 is 5.97 Å². The molecule has 0 aliphatic carbocycles. The van der Waals surface area contributed by atoms with Crippen molar-refractivity contribution in [2.45, 2.75) is 6.92 Å². The van der Waals surface area contributed by atoms with E-state index in [-0.39, 0.29) is 0 Å². The molecule has 20 heavy (non-hydrogen) atoms. The minimum Gasteiger partial charge on any atom is -0.495 e. The van der Waals surface area contributed by atoms with Gasteiger partial charge in [0.2, 0.25) is 0 Å². The number of anilines is 1. The lowest BCUT2D eigenvalue weighted by atomic mass is 10.1. The molecule has 6 heteroatoms. The van der Waals surface area contributed by atoms with Gasteiger partial charge in [-0.3, -0.25) is 4.98 Å². The summed E-state index contributed by atoms with van der Waals surface area (Å²) in [4.78, 5) is 16.2. The minimum absolute atomic E-state index is 0.309. The molecule has 0 spiro atoms. The first-order chi connectivity index (χ1) is 9.62. The molecule has 106 valence electrons. The number of pyridine rings is 1. The number of aromatic nitrogens is 1. The van der Waals surface area contributed by atoms with Crippen LogP contribution in [0.4, 0.5) is 5.69 Å². The first-order valence-electron chi connectivity index (χ1n) is 6.13. The van der Waals surface area contributed by atoms with Gasteiger partial charge in [-0.25, -0.2) is 4.79 Å². The Balaban J connectivity index is 2.67. The number of hydrogen-bond donors (Lipinski definition) is 1. The van der Waals surface area contributed by atoms with Crippen LogP contribution in [0.3, 0.4) is 0 Å². The number of rotatable bonds is 4. The van der Waals surface area contributed by atoms with Crippen LogP contribution >= 0.6 is 11.6 Å². The molecular weight excluding hydrogens is 280 g/mol. The Labute approximate surface area is 121 Å². The fourth-order valence-corrected chi connectivity index (χ4v) is 2.22. The van der Waals surface area contributed by atoms with E-state index in [0.29, 0.717) is 34.1 Å². The largest absolute Gasteiger partial charge is 0.495 e. The zero-order valence-electron chi connectivity index (χ0n) is 11.5. The molecule has 1 aromatic carbocycles. The number of benzene rings is 1. The number of carbonyl (C=O) groups is 1. The fraction of sp³-hybridized carbons (Fsp3) is 0.286. The first-order valence-corrected chi connectivity index (χ1v) is 6.51. The lowest BCUT2D eigenvalue weighted by Gasteiger charge is -2.12. The molecule has 0 saturated carbocycles. The van der Waals surface area contributed by atoms with E-state index in [1.807, 2.05) is 0 Å². The Hall–Kier alpha value is -2.01. The highest BCUT2D eigenvalue weighted by Gasteiger charge is 2.17. The second-order valence-corrected chi connectivity index (χ2v) is 4.43. The number of methoxy groups -OCH3 is 1. The quantitative estimate of drug-likeness (QED) is 0.878. The number of carbonyl (C=O) groups excluding carboxylic acids is 1. The highest BCUT2D eigenvalue weighted by Crippen LogP contribution is 2.34. The summed E-state index contributed by atoms with van der Waals surface area (Å²) in [5, 5.41) is 4.20. The number of fused-ring (bicyclic) bond motifs is 1. The van der Waals surface area contributed by atoms with Crippen molar-refractivity contribution in [3.05, 3.63) is 28.9 Å². The summed E-state index contributed by atoms with van der Waals surface area (Å²) in [7, 11) is 3.27. The van der Waals surface area contributed by atoms with Crippen LogP contribution in [-0.4, -0.2) is 31.7 Å². The van der Waals surface area contributed by atoms with Gasteiger partial charge >= 0.3 is 5.97 Å². The molecule has 0 aliphatic rings. The molecule has 0 amide bonds. The zero-order chi connectivity index (χ0) is 14.7. The third kappa shape index (κ3) is 2.49. The maximum absolute atomic E-state index is 11.9. The van der Waals surface area contributed by atoms with Crippen LogP contribution in [0, 0.1) is 0 Å². The number of halogens is 1. The Morgan fingerprint density at radius 3 is 2.80 bits per heavy atom. The Kier molecular flexibility index (Phi) is 4.29. The third-order valence-corrected chi connectivity index (χ3v) is 3.18. The summed E-state index contributed by atoms with van der Waals surface area (Å²) in [5.74, 6) is 0.121. The summed E-state index contributed by atoms with van der Waals surface area (Å²) in [6.07, 6.45) is 1.49. The van der Waals surface area contributed by atoms with Crippen molar-refractivity contribution < 1.29 is 14.3 Å². The SMILES string of the molecule is CCOC(=O)c1cnc2cc(OC)c(Cl)cc2c1NC. The molecule has 1 aromatic heterocycles.